The van der Waals surface area contributed by atoms with Crippen molar-refractivity contribution in [2.45, 2.75) is 19.4 Å². The molecule has 1 amide bonds. The van der Waals surface area contributed by atoms with Crippen LogP contribution < -0.4 is 5.32 Å². The summed E-state index contributed by atoms with van der Waals surface area (Å²) in [5.41, 5.74) is -0.604. The first-order valence-electron chi connectivity index (χ1n) is 5.58. The van der Waals surface area contributed by atoms with Gasteiger partial charge >= 0.3 is 0 Å². The molecule has 0 aromatic heterocycles. The fourth-order valence-electron chi connectivity index (χ4n) is 1.72. The lowest BCUT2D eigenvalue weighted by Gasteiger charge is -2.38. The van der Waals surface area contributed by atoms with Crippen LogP contribution in [0.1, 0.15) is 13.8 Å². The van der Waals surface area contributed by atoms with Crippen LogP contribution in [0.2, 0.25) is 0 Å². The van der Waals surface area contributed by atoms with Gasteiger partial charge in [0, 0.05) is 26.2 Å². The first-order valence-corrected chi connectivity index (χ1v) is 5.58. The van der Waals surface area contributed by atoms with E-state index in [0.717, 1.165) is 26.2 Å². The van der Waals surface area contributed by atoms with Crippen molar-refractivity contribution in [3.05, 3.63) is 0 Å². The number of carbonyl (C=O) groups excluding carboxylic acids is 1. The number of nitriles is 1. The summed E-state index contributed by atoms with van der Waals surface area (Å²) < 4.78 is 0. The minimum Gasteiger partial charge on any atom is -0.339 e. The van der Waals surface area contributed by atoms with Gasteiger partial charge < -0.3 is 10.2 Å². The van der Waals surface area contributed by atoms with Crippen LogP contribution in [-0.4, -0.2) is 61.0 Å². The fraction of sp³-hybridized carbons (Fsp3) is 0.818. The third-order valence-electron chi connectivity index (χ3n) is 3.19. The lowest BCUT2D eigenvalue weighted by atomic mass is 10.0. The molecule has 0 saturated carbocycles. The normalized spacial score (nSPS) is 17.3. The van der Waals surface area contributed by atoms with Crippen molar-refractivity contribution in [3.63, 3.8) is 0 Å². The first kappa shape index (κ1) is 12.9. The number of rotatable bonds is 3. The monoisotopic (exact) mass is 224 g/mol. The average molecular weight is 224 g/mol. The van der Waals surface area contributed by atoms with Gasteiger partial charge in [-0.2, -0.15) is 5.26 Å². The Morgan fingerprint density at radius 1 is 1.50 bits per heavy atom. The van der Waals surface area contributed by atoms with Crippen molar-refractivity contribution >= 4 is 5.91 Å². The number of nitrogens with one attached hydrogen (secondary N) is 1. The fourth-order valence-corrected chi connectivity index (χ4v) is 1.72. The van der Waals surface area contributed by atoms with Crippen molar-refractivity contribution in [1.82, 2.24) is 15.1 Å². The molecule has 0 radical (unpaired) electrons. The topological polar surface area (TPSA) is 59.4 Å². The van der Waals surface area contributed by atoms with Crippen LogP contribution >= 0.6 is 0 Å². The van der Waals surface area contributed by atoms with Gasteiger partial charge in [0.1, 0.15) is 0 Å². The molecule has 0 atom stereocenters. The van der Waals surface area contributed by atoms with E-state index in [1.165, 1.54) is 0 Å². The average Bonchev–Trinajstić information content (AvgIpc) is 2.29. The van der Waals surface area contributed by atoms with Crippen LogP contribution in [-0.2, 0) is 4.79 Å². The second-order valence-corrected chi connectivity index (χ2v) is 4.62. The van der Waals surface area contributed by atoms with E-state index in [-0.39, 0.29) is 12.5 Å². The van der Waals surface area contributed by atoms with Crippen molar-refractivity contribution in [1.29, 1.82) is 5.26 Å². The SMILES string of the molecule is CN(CC#N)C(C)(C)C(=O)N1CCNCC1. The van der Waals surface area contributed by atoms with Gasteiger partial charge in [0.2, 0.25) is 5.91 Å². The number of carbonyl (C=O) groups is 1. The summed E-state index contributed by atoms with van der Waals surface area (Å²) in [6, 6.07) is 2.07. The number of amides is 1. The molecule has 0 spiro atoms. The molecule has 1 aliphatic heterocycles. The highest BCUT2D eigenvalue weighted by molar-refractivity contribution is 5.85. The molecule has 1 aliphatic rings. The van der Waals surface area contributed by atoms with Crippen molar-refractivity contribution in [3.8, 4) is 6.07 Å². The van der Waals surface area contributed by atoms with Crippen molar-refractivity contribution in [2.75, 3.05) is 39.8 Å². The maximum Gasteiger partial charge on any atom is 0.242 e. The molecular weight excluding hydrogens is 204 g/mol. The number of hydrogen-bond acceptors (Lipinski definition) is 4. The van der Waals surface area contributed by atoms with Gasteiger partial charge in [0.15, 0.2) is 0 Å². The third-order valence-corrected chi connectivity index (χ3v) is 3.19. The Bertz CT molecular complexity index is 289. The van der Waals surface area contributed by atoms with E-state index in [0.29, 0.717) is 0 Å². The minimum atomic E-state index is -0.604. The molecule has 0 aliphatic carbocycles. The van der Waals surface area contributed by atoms with Gasteiger partial charge in [-0.3, -0.25) is 9.69 Å². The lowest BCUT2D eigenvalue weighted by molar-refractivity contribution is -0.142. The highest BCUT2D eigenvalue weighted by atomic mass is 16.2. The third kappa shape index (κ3) is 2.71. The second-order valence-electron chi connectivity index (χ2n) is 4.62. The Kier molecular flexibility index (Phi) is 4.27. The Morgan fingerprint density at radius 3 is 2.56 bits per heavy atom. The van der Waals surface area contributed by atoms with Gasteiger partial charge in [-0.15, -0.1) is 0 Å². The maximum absolute atomic E-state index is 12.3. The predicted molar refractivity (Wildman–Crippen MR) is 61.8 cm³/mol. The van der Waals surface area contributed by atoms with E-state index in [1.54, 1.807) is 4.90 Å². The first-order chi connectivity index (χ1) is 7.50. The molecule has 0 unspecified atom stereocenters. The summed E-state index contributed by atoms with van der Waals surface area (Å²) in [6.07, 6.45) is 0. The molecular formula is C11H20N4O. The van der Waals surface area contributed by atoms with Crippen molar-refractivity contribution < 1.29 is 4.79 Å². The number of nitrogens with zero attached hydrogens (tertiary/aromatic N) is 3. The Hall–Kier alpha value is -1.12. The Morgan fingerprint density at radius 2 is 2.06 bits per heavy atom. The molecule has 1 heterocycles. The van der Waals surface area contributed by atoms with E-state index >= 15 is 0 Å². The summed E-state index contributed by atoms with van der Waals surface area (Å²) in [7, 11) is 1.81. The zero-order valence-electron chi connectivity index (χ0n) is 10.3. The summed E-state index contributed by atoms with van der Waals surface area (Å²) in [5, 5.41) is 11.9. The molecule has 1 N–H and O–H groups in total. The van der Waals surface area contributed by atoms with Gasteiger partial charge in [0.05, 0.1) is 18.2 Å². The van der Waals surface area contributed by atoms with Gasteiger partial charge in [0.25, 0.3) is 0 Å². The molecule has 5 nitrogen and oxygen atoms in total. The van der Waals surface area contributed by atoms with E-state index < -0.39 is 5.54 Å². The Labute approximate surface area is 97.0 Å². The smallest absolute Gasteiger partial charge is 0.242 e. The largest absolute Gasteiger partial charge is 0.339 e. The van der Waals surface area contributed by atoms with Crippen LogP contribution in [0.15, 0.2) is 0 Å². The standard InChI is InChI=1S/C11H20N4O/c1-11(2,14(3)7-4-12)10(16)15-8-5-13-6-9-15/h13H,5-9H2,1-3H3. The van der Waals surface area contributed by atoms with Gasteiger partial charge in [-0.05, 0) is 20.9 Å². The summed E-state index contributed by atoms with van der Waals surface area (Å²) in [5.74, 6) is 0.103. The second kappa shape index (κ2) is 5.28. The zero-order valence-corrected chi connectivity index (χ0v) is 10.3. The van der Waals surface area contributed by atoms with Crippen LogP contribution in [0.3, 0.4) is 0 Å². The summed E-state index contributed by atoms with van der Waals surface area (Å²) in [6.45, 7) is 7.22. The van der Waals surface area contributed by atoms with Gasteiger partial charge in [-0.1, -0.05) is 0 Å². The molecule has 1 saturated heterocycles. The molecule has 0 aromatic rings. The molecule has 0 aromatic carbocycles. The number of piperazine rings is 1. The molecule has 1 fully saturated rings. The van der Waals surface area contributed by atoms with E-state index in [2.05, 4.69) is 11.4 Å². The Balaban J connectivity index is 2.66. The van der Waals surface area contributed by atoms with Crippen LogP contribution in [0.25, 0.3) is 0 Å². The molecule has 1 rings (SSSR count). The van der Waals surface area contributed by atoms with Crippen LogP contribution in [0.4, 0.5) is 0 Å². The highest BCUT2D eigenvalue weighted by Crippen LogP contribution is 2.16. The zero-order chi connectivity index (χ0) is 12.2. The van der Waals surface area contributed by atoms with E-state index in [9.17, 15) is 4.79 Å². The summed E-state index contributed by atoms with van der Waals surface area (Å²) in [4.78, 5) is 15.9. The highest BCUT2D eigenvalue weighted by Gasteiger charge is 2.35. The molecule has 0 bridgehead atoms. The van der Waals surface area contributed by atoms with Crippen LogP contribution in [0.5, 0.6) is 0 Å². The van der Waals surface area contributed by atoms with Crippen LogP contribution in [0, 0.1) is 11.3 Å². The molecule has 16 heavy (non-hydrogen) atoms. The van der Waals surface area contributed by atoms with Crippen molar-refractivity contribution in [2.24, 2.45) is 0 Å². The van der Waals surface area contributed by atoms with Gasteiger partial charge in [-0.25, -0.2) is 0 Å². The molecule has 90 valence electrons. The van der Waals surface area contributed by atoms with E-state index in [1.807, 2.05) is 25.8 Å². The number of likely N-dealkylation sites (N-methyl/N-ethyl adjacent to an activating group) is 1. The predicted octanol–water partition coefficient (Wildman–Crippen LogP) is -0.348. The summed E-state index contributed by atoms with van der Waals surface area (Å²) >= 11 is 0. The van der Waals surface area contributed by atoms with E-state index in [4.69, 9.17) is 5.26 Å². The minimum absolute atomic E-state index is 0.103. The quantitative estimate of drug-likeness (QED) is 0.666. The molecule has 5 heteroatoms. The maximum atomic E-state index is 12.3. The number of hydrogen-bond donors (Lipinski definition) is 1. The lowest BCUT2D eigenvalue weighted by Crippen LogP contribution is -2.58.